The van der Waals surface area contributed by atoms with E-state index < -0.39 is 0 Å². The molecule has 2 rings (SSSR count). The lowest BCUT2D eigenvalue weighted by Crippen LogP contribution is -2.86. The second-order valence-electron chi connectivity index (χ2n) is 5.99. The van der Waals surface area contributed by atoms with Crippen LogP contribution in [0.4, 0.5) is 5.69 Å². The van der Waals surface area contributed by atoms with E-state index in [9.17, 15) is 4.79 Å². The van der Waals surface area contributed by atoms with E-state index in [1.807, 2.05) is 29.6 Å². The van der Waals surface area contributed by atoms with Crippen LogP contribution in [0.3, 0.4) is 0 Å². The minimum Gasteiger partial charge on any atom is -0.333 e. The number of quaternary nitrogens is 1. The van der Waals surface area contributed by atoms with Gasteiger partial charge in [0.25, 0.3) is 5.91 Å². The summed E-state index contributed by atoms with van der Waals surface area (Å²) in [6.07, 6.45) is 1.82. The number of para-hydroxylation sites is 1. The van der Waals surface area contributed by atoms with Crippen molar-refractivity contribution < 1.29 is 10.1 Å². The molecule has 3 N–H and O–H groups in total. The van der Waals surface area contributed by atoms with E-state index in [1.54, 1.807) is 0 Å². The number of benzene rings is 2. The Morgan fingerprint density at radius 2 is 1.67 bits per heavy atom. The lowest BCUT2D eigenvalue weighted by molar-refractivity contribution is -0.682. The molecule has 0 aromatic heterocycles. The quantitative estimate of drug-likeness (QED) is 0.789. The molecular formula is C20H26ClN2O+. The first-order valence-corrected chi connectivity index (χ1v) is 8.92. The lowest BCUT2D eigenvalue weighted by atomic mass is 10.0. The van der Waals surface area contributed by atoms with Crippen molar-refractivity contribution >= 4 is 23.2 Å². The van der Waals surface area contributed by atoms with Crippen LogP contribution in [0.25, 0.3) is 0 Å². The third kappa shape index (κ3) is 4.83. The van der Waals surface area contributed by atoms with Crippen molar-refractivity contribution in [2.24, 2.45) is 0 Å². The van der Waals surface area contributed by atoms with E-state index in [-0.39, 0.29) is 11.9 Å². The van der Waals surface area contributed by atoms with Crippen LogP contribution in [-0.4, -0.2) is 12.5 Å². The first kappa shape index (κ1) is 18.5. The first-order valence-electron chi connectivity index (χ1n) is 8.54. The molecule has 128 valence electrons. The van der Waals surface area contributed by atoms with Gasteiger partial charge in [0.2, 0.25) is 0 Å². The van der Waals surface area contributed by atoms with Crippen molar-refractivity contribution in [2.75, 3.05) is 11.9 Å². The fourth-order valence-corrected chi connectivity index (χ4v) is 2.91. The predicted octanol–water partition coefficient (Wildman–Crippen LogP) is 3.73. The molecule has 0 aliphatic carbocycles. The molecule has 1 amide bonds. The molecule has 0 aliphatic heterocycles. The highest BCUT2D eigenvalue weighted by Gasteiger charge is 2.14. The van der Waals surface area contributed by atoms with Crippen LogP contribution in [0.2, 0.25) is 5.02 Å². The van der Waals surface area contributed by atoms with Crippen molar-refractivity contribution in [2.45, 2.75) is 39.7 Å². The summed E-state index contributed by atoms with van der Waals surface area (Å²) in [5.74, 6) is 0.0337. The second-order valence-corrected chi connectivity index (χ2v) is 6.42. The Labute approximate surface area is 149 Å². The molecule has 24 heavy (non-hydrogen) atoms. The van der Waals surface area contributed by atoms with Crippen LogP contribution in [-0.2, 0) is 17.6 Å². The van der Waals surface area contributed by atoms with Gasteiger partial charge in [-0.25, -0.2) is 0 Å². The zero-order valence-corrected chi connectivity index (χ0v) is 15.4. The number of anilines is 1. The number of nitrogens with two attached hydrogens (primary N) is 1. The summed E-state index contributed by atoms with van der Waals surface area (Å²) in [6, 6.07) is 14.2. The number of amides is 1. The molecule has 1 atom stereocenters. The van der Waals surface area contributed by atoms with Crippen LogP contribution in [0.1, 0.15) is 43.5 Å². The molecule has 0 spiro atoms. The van der Waals surface area contributed by atoms with Gasteiger partial charge < -0.3 is 10.6 Å². The maximum Gasteiger partial charge on any atom is 0.279 e. The van der Waals surface area contributed by atoms with Crippen LogP contribution in [0.15, 0.2) is 42.5 Å². The molecule has 2 aromatic rings. The van der Waals surface area contributed by atoms with Crippen molar-refractivity contribution in [3.8, 4) is 0 Å². The summed E-state index contributed by atoms with van der Waals surface area (Å²) in [6.45, 7) is 6.71. The predicted molar refractivity (Wildman–Crippen MR) is 100 cm³/mol. The van der Waals surface area contributed by atoms with E-state index >= 15 is 0 Å². The zero-order chi connectivity index (χ0) is 17.5. The minimum absolute atomic E-state index is 0.0337. The Morgan fingerprint density at radius 3 is 2.21 bits per heavy atom. The zero-order valence-electron chi connectivity index (χ0n) is 14.6. The molecule has 0 heterocycles. The van der Waals surface area contributed by atoms with Crippen molar-refractivity contribution in [3.05, 3.63) is 64.2 Å². The molecule has 0 aliphatic rings. The second kappa shape index (κ2) is 8.86. The van der Waals surface area contributed by atoms with Crippen molar-refractivity contribution in [1.29, 1.82) is 0 Å². The van der Waals surface area contributed by atoms with Gasteiger partial charge in [-0.2, -0.15) is 0 Å². The van der Waals surface area contributed by atoms with Crippen LogP contribution in [0.5, 0.6) is 0 Å². The lowest BCUT2D eigenvalue weighted by Gasteiger charge is -2.15. The highest BCUT2D eigenvalue weighted by Crippen LogP contribution is 2.22. The molecule has 4 heteroatoms. The monoisotopic (exact) mass is 345 g/mol. The Morgan fingerprint density at radius 1 is 1.08 bits per heavy atom. The third-order valence-electron chi connectivity index (χ3n) is 4.32. The van der Waals surface area contributed by atoms with E-state index in [4.69, 9.17) is 11.6 Å². The summed E-state index contributed by atoms with van der Waals surface area (Å²) < 4.78 is 0. The van der Waals surface area contributed by atoms with Crippen molar-refractivity contribution in [3.63, 3.8) is 0 Å². The summed E-state index contributed by atoms with van der Waals surface area (Å²) in [5, 5.41) is 5.87. The normalized spacial score (nSPS) is 12.0. The smallest absolute Gasteiger partial charge is 0.279 e. The number of carbonyl (C=O) groups excluding carboxylic acids is 1. The van der Waals surface area contributed by atoms with Gasteiger partial charge >= 0.3 is 0 Å². The molecule has 0 saturated carbocycles. The van der Waals surface area contributed by atoms with Crippen molar-refractivity contribution in [1.82, 2.24) is 0 Å². The molecule has 0 radical (unpaired) electrons. The molecule has 0 saturated heterocycles. The number of rotatable bonds is 7. The Hall–Kier alpha value is -1.84. The average molecular weight is 346 g/mol. The summed E-state index contributed by atoms with van der Waals surface area (Å²) in [4.78, 5) is 12.4. The van der Waals surface area contributed by atoms with Crippen LogP contribution < -0.4 is 10.6 Å². The summed E-state index contributed by atoms with van der Waals surface area (Å²) in [5.41, 5.74) is 4.53. The average Bonchev–Trinajstić information content (AvgIpc) is 2.60. The SMILES string of the molecule is CCc1cccc(CC)c1NC(=O)C[NH2+][C@H](C)c1ccc(Cl)cc1. The van der Waals surface area contributed by atoms with Gasteiger partial charge in [0.15, 0.2) is 6.54 Å². The molecule has 0 unspecified atom stereocenters. The van der Waals surface area contributed by atoms with Gasteiger partial charge in [-0.15, -0.1) is 0 Å². The molecule has 0 bridgehead atoms. The standard InChI is InChI=1S/C20H25ClN2O/c1-4-15-7-6-8-16(5-2)20(15)23-19(24)13-22-14(3)17-9-11-18(21)12-10-17/h6-12,14,22H,4-5,13H2,1-3H3,(H,23,24)/p+1/t14-/m1/s1. The summed E-state index contributed by atoms with van der Waals surface area (Å²) in [7, 11) is 0. The fraction of sp³-hybridized carbons (Fsp3) is 0.350. The first-order chi connectivity index (χ1) is 11.5. The Balaban J connectivity index is 1.97. The topological polar surface area (TPSA) is 45.7 Å². The molecule has 0 fully saturated rings. The van der Waals surface area contributed by atoms with E-state index in [0.29, 0.717) is 6.54 Å². The Kier molecular flexibility index (Phi) is 6.83. The van der Waals surface area contributed by atoms with Crippen LogP contribution in [0, 0.1) is 0 Å². The number of halogens is 1. The third-order valence-corrected chi connectivity index (χ3v) is 4.57. The highest BCUT2D eigenvalue weighted by atomic mass is 35.5. The van der Waals surface area contributed by atoms with Gasteiger partial charge in [-0.1, -0.05) is 55.8 Å². The van der Waals surface area contributed by atoms with E-state index in [2.05, 4.69) is 44.3 Å². The number of hydrogen-bond donors (Lipinski definition) is 2. The number of hydrogen-bond acceptors (Lipinski definition) is 1. The van der Waals surface area contributed by atoms with Gasteiger partial charge in [-0.3, -0.25) is 4.79 Å². The van der Waals surface area contributed by atoms with Crippen LogP contribution >= 0.6 is 11.6 Å². The maximum absolute atomic E-state index is 12.4. The number of aryl methyl sites for hydroxylation is 2. The van der Waals surface area contributed by atoms with E-state index in [1.165, 1.54) is 11.1 Å². The van der Waals surface area contributed by atoms with E-state index in [0.717, 1.165) is 29.1 Å². The minimum atomic E-state index is 0.0337. The van der Waals surface area contributed by atoms with Gasteiger partial charge in [0.05, 0.1) is 0 Å². The highest BCUT2D eigenvalue weighted by molar-refractivity contribution is 6.30. The summed E-state index contributed by atoms with van der Waals surface area (Å²) >= 11 is 5.92. The molecule has 3 nitrogen and oxygen atoms in total. The Bertz CT molecular complexity index is 660. The molecular weight excluding hydrogens is 320 g/mol. The van der Waals surface area contributed by atoms with Gasteiger partial charge in [-0.05, 0) is 43.0 Å². The fourth-order valence-electron chi connectivity index (χ4n) is 2.78. The number of nitrogens with one attached hydrogen (secondary N) is 1. The maximum atomic E-state index is 12.4. The molecule has 2 aromatic carbocycles. The van der Waals surface area contributed by atoms with Gasteiger partial charge in [0, 0.05) is 16.3 Å². The number of carbonyl (C=O) groups is 1. The largest absolute Gasteiger partial charge is 0.333 e. The van der Waals surface area contributed by atoms with Gasteiger partial charge in [0.1, 0.15) is 6.04 Å².